The van der Waals surface area contributed by atoms with Crippen LogP contribution in [0.25, 0.3) is 0 Å². The summed E-state index contributed by atoms with van der Waals surface area (Å²) in [5.41, 5.74) is 0. The van der Waals surface area contributed by atoms with Gasteiger partial charge < -0.3 is 5.32 Å². The third-order valence-electron chi connectivity index (χ3n) is 1.99. The normalized spacial score (nSPS) is 34.8. The molecule has 1 heterocycles. The molecule has 58 valence electrons. The highest BCUT2D eigenvalue weighted by Crippen LogP contribution is 2.17. The summed E-state index contributed by atoms with van der Waals surface area (Å²) in [6, 6.07) is 0. The lowest BCUT2D eigenvalue weighted by Crippen LogP contribution is -2.24. The van der Waals surface area contributed by atoms with Crippen molar-refractivity contribution in [3.05, 3.63) is 0 Å². The van der Waals surface area contributed by atoms with Gasteiger partial charge in [0.2, 0.25) is 5.91 Å². The first-order valence-electron chi connectivity index (χ1n) is 3.95. The average molecular weight is 141 g/mol. The van der Waals surface area contributed by atoms with Gasteiger partial charge in [-0.25, -0.2) is 0 Å². The summed E-state index contributed by atoms with van der Waals surface area (Å²) in [4.78, 5) is 10.9. The topological polar surface area (TPSA) is 29.1 Å². The van der Waals surface area contributed by atoms with E-state index in [0.717, 1.165) is 6.54 Å². The lowest BCUT2D eigenvalue weighted by Gasteiger charge is -2.08. The highest BCUT2D eigenvalue weighted by atomic mass is 16.1. The number of hydrogen-bond acceptors (Lipinski definition) is 1. The van der Waals surface area contributed by atoms with E-state index in [1.807, 2.05) is 0 Å². The van der Waals surface area contributed by atoms with Crippen LogP contribution in [0.2, 0.25) is 0 Å². The second-order valence-electron chi connectivity index (χ2n) is 3.45. The monoisotopic (exact) mass is 141 g/mol. The number of hydrogen-bond donors (Lipinski definition) is 1. The molecule has 0 aromatic heterocycles. The van der Waals surface area contributed by atoms with E-state index in [1.54, 1.807) is 0 Å². The minimum Gasteiger partial charge on any atom is -0.356 e. The van der Waals surface area contributed by atoms with Crippen LogP contribution in [0, 0.1) is 11.8 Å². The van der Waals surface area contributed by atoms with Crippen molar-refractivity contribution in [2.24, 2.45) is 11.8 Å². The van der Waals surface area contributed by atoms with Crippen LogP contribution in [-0.4, -0.2) is 12.5 Å². The molecular formula is C8H15NO. The first-order chi connectivity index (χ1) is 4.68. The standard InChI is InChI=1S/C8H15NO/c1-6-3-7(2)5-9-8(10)4-6/h6-7H,3-5H2,1-2H3,(H,9,10). The maximum Gasteiger partial charge on any atom is 0.220 e. The van der Waals surface area contributed by atoms with E-state index in [0.29, 0.717) is 18.3 Å². The van der Waals surface area contributed by atoms with Gasteiger partial charge in [-0.2, -0.15) is 0 Å². The Hall–Kier alpha value is -0.530. The van der Waals surface area contributed by atoms with E-state index in [9.17, 15) is 4.79 Å². The van der Waals surface area contributed by atoms with Crippen LogP contribution in [0.3, 0.4) is 0 Å². The van der Waals surface area contributed by atoms with Gasteiger partial charge >= 0.3 is 0 Å². The predicted molar refractivity (Wildman–Crippen MR) is 40.6 cm³/mol. The van der Waals surface area contributed by atoms with Gasteiger partial charge in [0, 0.05) is 13.0 Å². The Labute approximate surface area is 62.0 Å². The molecule has 0 spiro atoms. The van der Waals surface area contributed by atoms with Gasteiger partial charge in [-0.15, -0.1) is 0 Å². The van der Waals surface area contributed by atoms with Gasteiger partial charge in [-0.3, -0.25) is 4.79 Å². The Morgan fingerprint density at radius 3 is 2.80 bits per heavy atom. The number of carbonyl (C=O) groups is 1. The number of rotatable bonds is 0. The van der Waals surface area contributed by atoms with Crippen LogP contribution in [-0.2, 0) is 4.79 Å². The van der Waals surface area contributed by atoms with Crippen molar-refractivity contribution in [3.8, 4) is 0 Å². The SMILES string of the molecule is CC1CNC(=O)CC(C)C1. The Balaban J connectivity index is 2.46. The van der Waals surface area contributed by atoms with Crippen LogP contribution in [0.15, 0.2) is 0 Å². The summed E-state index contributed by atoms with van der Waals surface area (Å²) in [5, 5.41) is 2.89. The van der Waals surface area contributed by atoms with Gasteiger partial charge in [-0.1, -0.05) is 13.8 Å². The van der Waals surface area contributed by atoms with Crippen LogP contribution in [0.1, 0.15) is 26.7 Å². The summed E-state index contributed by atoms with van der Waals surface area (Å²) in [5.74, 6) is 1.44. The first kappa shape index (κ1) is 7.58. The number of amides is 1. The van der Waals surface area contributed by atoms with E-state index in [2.05, 4.69) is 19.2 Å². The molecule has 10 heavy (non-hydrogen) atoms. The largest absolute Gasteiger partial charge is 0.356 e. The summed E-state index contributed by atoms with van der Waals surface area (Å²) in [6.45, 7) is 5.19. The molecule has 1 N–H and O–H groups in total. The third kappa shape index (κ3) is 2.01. The molecule has 2 atom stereocenters. The maximum absolute atomic E-state index is 10.9. The van der Waals surface area contributed by atoms with Crippen molar-refractivity contribution in [1.82, 2.24) is 5.32 Å². The molecule has 1 saturated heterocycles. The van der Waals surface area contributed by atoms with Crippen LogP contribution in [0.5, 0.6) is 0 Å². The lowest BCUT2D eigenvalue weighted by atomic mass is 9.97. The molecule has 0 radical (unpaired) electrons. The summed E-state index contributed by atoms with van der Waals surface area (Å²) in [6.07, 6.45) is 1.89. The zero-order valence-electron chi connectivity index (χ0n) is 6.68. The predicted octanol–water partition coefficient (Wildman–Crippen LogP) is 1.17. The molecule has 2 heteroatoms. The number of carbonyl (C=O) groups excluding carboxylic acids is 1. The summed E-state index contributed by atoms with van der Waals surface area (Å²) in [7, 11) is 0. The van der Waals surface area contributed by atoms with E-state index in [4.69, 9.17) is 0 Å². The Morgan fingerprint density at radius 1 is 1.40 bits per heavy atom. The maximum atomic E-state index is 10.9. The third-order valence-corrected chi connectivity index (χ3v) is 1.99. The molecule has 2 nitrogen and oxygen atoms in total. The van der Waals surface area contributed by atoms with Gasteiger partial charge in [0.05, 0.1) is 0 Å². The molecule has 0 aromatic carbocycles. The molecule has 1 aliphatic rings. The molecule has 0 saturated carbocycles. The Bertz CT molecular complexity index is 133. The Morgan fingerprint density at radius 2 is 2.10 bits per heavy atom. The van der Waals surface area contributed by atoms with Crippen molar-refractivity contribution in [1.29, 1.82) is 0 Å². The molecule has 0 aromatic rings. The first-order valence-corrected chi connectivity index (χ1v) is 3.95. The summed E-state index contributed by atoms with van der Waals surface area (Å²) < 4.78 is 0. The smallest absolute Gasteiger partial charge is 0.220 e. The highest BCUT2D eigenvalue weighted by Gasteiger charge is 2.17. The van der Waals surface area contributed by atoms with Gasteiger partial charge in [-0.05, 0) is 18.3 Å². The zero-order valence-corrected chi connectivity index (χ0v) is 6.68. The van der Waals surface area contributed by atoms with E-state index in [1.165, 1.54) is 6.42 Å². The van der Waals surface area contributed by atoms with E-state index >= 15 is 0 Å². The summed E-state index contributed by atoms with van der Waals surface area (Å²) >= 11 is 0. The lowest BCUT2D eigenvalue weighted by molar-refractivity contribution is -0.121. The van der Waals surface area contributed by atoms with Crippen molar-refractivity contribution >= 4 is 5.91 Å². The highest BCUT2D eigenvalue weighted by molar-refractivity contribution is 5.76. The molecule has 2 unspecified atom stereocenters. The van der Waals surface area contributed by atoms with Crippen molar-refractivity contribution in [3.63, 3.8) is 0 Å². The quantitative estimate of drug-likeness (QED) is 0.539. The molecule has 0 aliphatic carbocycles. The van der Waals surface area contributed by atoms with Crippen LogP contribution >= 0.6 is 0 Å². The van der Waals surface area contributed by atoms with Gasteiger partial charge in [0.1, 0.15) is 0 Å². The van der Waals surface area contributed by atoms with Crippen molar-refractivity contribution < 1.29 is 4.79 Å². The molecule has 0 bridgehead atoms. The van der Waals surface area contributed by atoms with E-state index in [-0.39, 0.29) is 5.91 Å². The number of nitrogens with one attached hydrogen (secondary N) is 1. The fraction of sp³-hybridized carbons (Fsp3) is 0.875. The fourth-order valence-electron chi connectivity index (χ4n) is 1.53. The second kappa shape index (κ2) is 3.04. The fourth-order valence-corrected chi connectivity index (χ4v) is 1.53. The minimum absolute atomic E-state index is 0.219. The molecule has 1 fully saturated rings. The average Bonchev–Trinajstić information content (AvgIpc) is 1.93. The Kier molecular flexibility index (Phi) is 2.30. The van der Waals surface area contributed by atoms with Crippen molar-refractivity contribution in [2.45, 2.75) is 26.7 Å². The molecule has 1 rings (SSSR count). The van der Waals surface area contributed by atoms with Crippen LogP contribution < -0.4 is 5.32 Å². The van der Waals surface area contributed by atoms with Crippen molar-refractivity contribution in [2.75, 3.05) is 6.54 Å². The molecule has 1 amide bonds. The molecule has 1 aliphatic heterocycles. The van der Waals surface area contributed by atoms with E-state index < -0.39 is 0 Å². The minimum atomic E-state index is 0.219. The van der Waals surface area contributed by atoms with Crippen LogP contribution in [0.4, 0.5) is 0 Å². The second-order valence-corrected chi connectivity index (χ2v) is 3.45. The van der Waals surface area contributed by atoms with Gasteiger partial charge in [0.15, 0.2) is 0 Å². The zero-order chi connectivity index (χ0) is 7.56. The molecular weight excluding hydrogens is 126 g/mol. The van der Waals surface area contributed by atoms with Gasteiger partial charge in [0.25, 0.3) is 0 Å².